The minimum Gasteiger partial charge on any atom is -0.492 e. The number of para-hydroxylation sites is 2. The van der Waals surface area contributed by atoms with Gasteiger partial charge >= 0.3 is 5.97 Å². The third-order valence-corrected chi connectivity index (χ3v) is 4.95. The molecule has 3 rings (SSSR count). The van der Waals surface area contributed by atoms with E-state index in [4.69, 9.17) is 14.2 Å². The second kappa shape index (κ2) is 12.9. The van der Waals surface area contributed by atoms with Crippen LogP contribution in [0, 0.1) is 13.8 Å². The topological polar surface area (TPSA) is 103 Å². The Morgan fingerprint density at radius 2 is 1.47 bits per heavy atom. The first kappa shape index (κ1) is 26.3. The first-order chi connectivity index (χ1) is 17.3. The minimum atomic E-state index is -0.643. The molecule has 2 amide bonds. The lowest BCUT2D eigenvalue weighted by molar-refractivity contribution is -0.147. The zero-order chi connectivity index (χ0) is 25.9. The first-order valence-electron chi connectivity index (χ1n) is 11.7. The maximum atomic E-state index is 12.2. The molecule has 2 N–H and O–H groups in total. The molecular formula is C28H30N2O6. The summed E-state index contributed by atoms with van der Waals surface area (Å²) in [6.07, 6.45) is -0.225. The normalized spacial score (nSPS) is 10.3. The lowest BCUT2D eigenvalue weighted by atomic mass is 10.1. The molecule has 0 bridgehead atoms. The summed E-state index contributed by atoms with van der Waals surface area (Å²) >= 11 is 0. The molecule has 3 aromatic rings. The Hall–Kier alpha value is -4.33. The average molecular weight is 491 g/mol. The van der Waals surface area contributed by atoms with Crippen LogP contribution in [0.5, 0.6) is 17.2 Å². The third-order valence-electron chi connectivity index (χ3n) is 4.95. The van der Waals surface area contributed by atoms with Gasteiger partial charge in [0.05, 0.1) is 18.7 Å². The molecule has 0 aromatic heterocycles. The monoisotopic (exact) mass is 490 g/mol. The number of benzene rings is 3. The number of ether oxygens (including phenoxy) is 3. The minimum absolute atomic E-state index is 0.0750. The summed E-state index contributed by atoms with van der Waals surface area (Å²) in [5.41, 5.74) is 3.29. The Balaban J connectivity index is 1.39. The van der Waals surface area contributed by atoms with Gasteiger partial charge in [-0.15, -0.1) is 0 Å². The van der Waals surface area contributed by atoms with E-state index >= 15 is 0 Å². The lowest BCUT2D eigenvalue weighted by Gasteiger charge is -2.11. The molecule has 0 saturated heterocycles. The summed E-state index contributed by atoms with van der Waals surface area (Å²) in [4.78, 5) is 36.3. The first-order valence-corrected chi connectivity index (χ1v) is 11.7. The zero-order valence-electron chi connectivity index (χ0n) is 20.6. The van der Waals surface area contributed by atoms with Gasteiger partial charge in [-0.25, -0.2) is 0 Å². The van der Waals surface area contributed by atoms with Gasteiger partial charge in [-0.05, 0) is 80.4 Å². The molecule has 0 saturated carbocycles. The predicted molar refractivity (Wildman–Crippen MR) is 137 cm³/mol. The van der Waals surface area contributed by atoms with Gasteiger partial charge in [-0.1, -0.05) is 18.2 Å². The number of anilines is 2. The van der Waals surface area contributed by atoms with Gasteiger partial charge in [-0.3, -0.25) is 14.4 Å². The second-order valence-electron chi connectivity index (χ2n) is 8.14. The van der Waals surface area contributed by atoms with Crippen molar-refractivity contribution >= 4 is 29.2 Å². The van der Waals surface area contributed by atoms with Crippen molar-refractivity contribution in [2.45, 2.75) is 33.6 Å². The number of esters is 1. The van der Waals surface area contributed by atoms with Crippen molar-refractivity contribution < 1.29 is 28.6 Å². The Labute approximate surface area is 210 Å². The van der Waals surface area contributed by atoms with Crippen LogP contribution in [0.1, 0.15) is 30.9 Å². The summed E-state index contributed by atoms with van der Waals surface area (Å²) in [6.45, 7) is 5.85. The standard InChI is InChI=1S/C28H30N2O6/c1-4-34-25-8-6-5-7-24(25)30-27(32)18-35-28(33)14-13-26(31)29-21-9-11-22(12-10-21)36-23-16-19(2)15-20(3)17-23/h5-12,15-17H,4,13-14,18H2,1-3H3,(H,29,31)(H,30,32). The Kier molecular flexibility index (Phi) is 9.45. The number of carbonyl (C=O) groups excluding carboxylic acids is 3. The highest BCUT2D eigenvalue weighted by atomic mass is 16.5. The van der Waals surface area contributed by atoms with Crippen LogP contribution in [-0.4, -0.2) is 31.0 Å². The van der Waals surface area contributed by atoms with E-state index < -0.39 is 18.5 Å². The molecule has 0 radical (unpaired) electrons. The molecule has 0 atom stereocenters. The Morgan fingerprint density at radius 1 is 0.778 bits per heavy atom. The van der Waals surface area contributed by atoms with Gasteiger partial charge in [0.2, 0.25) is 5.91 Å². The summed E-state index contributed by atoms with van der Waals surface area (Å²) in [6, 6.07) is 19.9. The smallest absolute Gasteiger partial charge is 0.306 e. The Bertz CT molecular complexity index is 1190. The number of hydrogen-bond acceptors (Lipinski definition) is 6. The van der Waals surface area contributed by atoms with Crippen LogP contribution in [-0.2, 0) is 19.1 Å². The van der Waals surface area contributed by atoms with E-state index in [1.54, 1.807) is 48.5 Å². The summed E-state index contributed by atoms with van der Waals surface area (Å²) in [7, 11) is 0. The fourth-order valence-corrected chi connectivity index (χ4v) is 3.43. The van der Waals surface area contributed by atoms with Crippen LogP contribution in [0.3, 0.4) is 0 Å². The quantitative estimate of drug-likeness (QED) is 0.349. The van der Waals surface area contributed by atoms with Gasteiger partial charge in [-0.2, -0.15) is 0 Å². The molecular weight excluding hydrogens is 460 g/mol. The number of nitrogens with one attached hydrogen (secondary N) is 2. The van der Waals surface area contributed by atoms with Gasteiger partial charge in [0.25, 0.3) is 5.91 Å². The molecule has 36 heavy (non-hydrogen) atoms. The third kappa shape index (κ3) is 8.47. The summed E-state index contributed by atoms with van der Waals surface area (Å²) < 4.78 is 16.3. The SMILES string of the molecule is CCOc1ccccc1NC(=O)COC(=O)CCC(=O)Nc1ccc(Oc2cc(C)cc(C)c2)cc1. The highest BCUT2D eigenvalue weighted by molar-refractivity contribution is 5.95. The van der Waals surface area contributed by atoms with Crippen molar-refractivity contribution in [3.63, 3.8) is 0 Å². The molecule has 0 unspecified atom stereocenters. The van der Waals surface area contributed by atoms with Crippen LogP contribution < -0.4 is 20.1 Å². The van der Waals surface area contributed by atoms with Gasteiger partial charge < -0.3 is 24.8 Å². The van der Waals surface area contributed by atoms with Crippen molar-refractivity contribution in [1.29, 1.82) is 0 Å². The van der Waals surface area contributed by atoms with Crippen LogP contribution >= 0.6 is 0 Å². The van der Waals surface area contributed by atoms with E-state index in [0.29, 0.717) is 29.5 Å². The molecule has 8 nitrogen and oxygen atoms in total. The molecule has 0 spiro atoms. The number of rotatable bonds is 11. The highest BCUT2D eigenvalue weighted by Gasteiger charge is 2.12. The van der Waals surface area contributed by atoms with E-state index in [0.717, 1.165) is 16.9 Å². The summed E-state index contributed by atoms with van der Waals surface area (Å²) in [5.74, 6) is 0.434. The van der Waals surface area contributed by atoms with E-state index in [1.165, 1.54) is 0 Å². The Morgan fingerprint density at radius 3 is 2.17 bits per heavy atom. The second-order valence-corrected chi connectivity index (χ2v) is 8.14. The number of carbonyl (C=O) groups is 3. The fourth-order valence-electron chi connectivity index (χ4n) is 3.43. The fraction of sp³-hybridized carbons (Fsp3) is 0.250. The van der Waals surface area contributed by atoms with Crippen molar-refractivity contribution in [2.75, 3.05) is 23.8 Å². The van der Waals surface area contributed by atoms with Crippen molar-refractivity contribution in [2.24, 2.45) is 0 Å². The highest BCUT2D eigenvalue weighted by Crippen LogP contribution is 2.25. The van der Waals surface area contributed by atoms with Crippen LogP contribution in [0.25, 0.3) is 0 Å². The van der Waals surface area contributed by atoms with E-state index in [2.05, 4.69) is 16.7 Å². The van der Waals surface area contributed by atoms with Crippen LogP contribution in [0.15, 0.2) is 66.7 Å². The maximum Gasteiger partial charge on any atom is 0.306 e. The van der Waals surface area contributed by atoms with Crippen LogP contribution in [0.4, 0.5) is 11.4 Å². The van der Waals surface area contributed by atoms with Gasteiger partial charge in [0, 0.05) is 12.1 Å². The molecule has 0 aliphatic rings. The molecule has 0 heterocycles. The zero-order valence-corrected chi connectivity index (χ0v) is 20.6. The number of aryl methyl sites for hydroxylation is 2. The predicted octanol–water partition coefficient (Wildman–Crippen LogP) is 5.40. The maximum absolute atomic E-state index is 12.2. The molecule has 188 valence electrons. The van der Waals surface area contributed by atoms with Crippen molar-refractivity contribution in [3.8, 4) is 17.2 Å². The number of hydrogen-bond donors (Lipinski definition) is 2. The largest absolute Gasteiger partial charge is 0.492 e. The molecule has 0 aliphatic heterocycles. The summed E-state index contributed by atoms with van der Waals surface area (Å²) in [5, 5.41) is 5.37. The average Bonchev–Trinajstić information content (AvgIpc) is 2.83. The van der Waals surface area contributed by atoms with Gasteiger partial charge in [0.15, 0.2) is 6.61 Å². The van der Waals surface area contributed by atoms with Crippen molar-refractivity contribution in [3.05, 3.63) is 77.9 Å². The number of amides is 2. The molecule has 0 aliphatic carbocycles. The molecule has 0 fully saturated rings. The molecule has 3 aromatic carbocycles. The van der Waals surface area contributed by atoms with E-state index in [9.17, 15) is 14.4 Å². The van der Waals surface area contributed by atoms with E-state index in [-0.39, 0.29) is 18.7 Å². The van der Waals surface area contributed by atoms with E-state index in [1.807, 2.05) is 32.9 Å². The molecule has 8 heteroatoms. The lowest BCUT2D eigenvalue weighted by Crippen LogP contribution is -2.22. The van der Waals surface area contributed by atoms with Gasteiger partial charge in [0.1, 0.15) is 17.2 Å². The van der Waals surface area contributed by atoms with Crippen molar-refractivity contribution in [1.82, 2.24) is 0 Å². The van der Waals surface area contributed by atoms with Crippen LogP contribution in [0.2, 0.25) is 0 Å².